The number of methoxy groups -OCH3 is 1. The zero-order valence-corrected chi connectivity index (χ0v) is 24.4. The van der Waals surface area contributed by atoms with Crippen molar-refractivity contribution in [3.63, 3.8) is 0 Å². The number of ether oxygens (including phenoxy) is 1. The van der Waals surface area contributed by atoms with E-state index in [9.17, 15) is 0 Å². The van der Waals surface area contributed by atoms with Crippen molar-refractivity contribution in [3.8, 4) is 28.0 Å². The van der Waals surface area contributed by atoms with Crippen molar-refractivity contribution in [2.45, 2.75) is 95.2 Å². The minimum Gasteiger partial charge on any atom is -0.497 e. The van der Waals surface area contributed by atoms with Gasteiger partial charge in [-0.3, -0.25) is 0 Å². The fourth-order valence-electron chi connectivity index (χ4n) is 6.23. The Labute approximate surface area is 234 Å². The number of alkyl halides is 2. The number of hydrogen-bond acceptors (Lipinski definition) is 1. The summed E-state index contributed by atoms with van der Waals surface area (Å²) in [5.74, 6) is 1.95. The number of rotatable bonds is 14. The highest BCUT2D eigenvalue weighted by atomic mass is 35.5. The second-order valence-corrected chi connectivity index (χ2v) is 11.2. The van der Waals surface area contributed by atoms with Gasteiger partial charge in [0.05, 0.1) is 7.11 Å². The Morgan fingerprint density at radius 2 is 1.30 bits per heavy atom. The second kappa shape index (κ2) is 13.2. The van der Waals surface area contributed by atoms with Crippen LogP contribution in [0.4, 0.5) is 0 Å². The van der Waals surface area contributed by atoms with Crippen LogP contribution in [0.2, 0.25) is 0 Å². The van der Waals surface area contributed by atoms with Crippen LogP contribution < -0.4 is 4.74 Å². The fourth-order valence-corrected chi connectivity index (χ4v) is 6.63. The van der Waals surface area contributed by atoms with Gasteiger partial charge in [0.1, 0.15) is 5.75 Å². The molecule has 1 aliphatic rings. The molecule has 0 heterocycles. The molecule has 0 saturated carbocycles. The highest BCUT2D eigenvalue weighted by Gasteiger charge is 2.42. The van der Waals surface area contributed by atoms with Crippen molar-refractivity contribution >= 4 is 23.2 Å². The molecule has 0 atom stereocenters. The van der Waals surface area contributed by atoms with E-state index in [1.807, 2.05) is 0 Å². The summed E-state index contributed by atoms with van der Waals surface area (Å²) in [5.41, 5.74) is 10.4. The van der Waals surface area contributed by atoms with Crippen LogP contribution in [0.15, 0.2) is 54.6 Å². The van der Waals surface area contributed by atoms with Gasteiger partial charge in [0, 0.05) is 17.2 Å². The second-order valence-electron chi connectivity index (χ2n) is 10.6. The van der Waals surface area contributed by atoms with Gasteiger partial charge in [-0.2, -0.15) is 0 Å². The smallest absolute Gasteiger partial charge is 0.119 e. The molecule has 0 radical (unpaired) electrons. The average molecular weight is 538 g/mol. The van der Waals surface area contributed by atoms with E-state index in [0.29, 0.717) is 11.8 Å². The van der Waals surface area contributed by atoms with Gasteiger partial charge in [0.2, 0.25) is 0 Å². The normalized spacial score (nSPS) is 13.4. The molecule has 0 bridgehead atoms. The molecule has 0 fully saturated rings. The molecule has 3 heteroatoms. The Kier molecular flexibility index (Phi) is 10.0. The fraction of sp³-hybridized carbons (Fsp3) is 0.471. The highest BCUT2D eigenvalue weighted by molar-refractivity contribution is 6.18. The van der Waals surface area contributed by atoms with E-state index in [2.05, 4.69) is 68.4 Å². The molecule has 37 heavy (non-hydrogen) atoms. The van der Waals surface area contributed by atoms with Crippen LogP contribution in [0, 0.1) is 0 Å². The van der Waals surface area contributed by atoms with E-state index < -0.39 is 0 Å². The Bertz CT molecular complexity index is 1170. The first kappa shape index (κ1) is 28.1. The predicted octanol–water partition coefficient (Wildman–Crippen LogP) is 11.0. The largest absolute Gasteiger partial charge is 0.497 e. The SMILES string of the molecule is CCCCCCC1(CCCCCC)c2cc(OC)ccc2-c2ccc(-c3cc(CCl)ccc3CCl)cc21. The molecule has 0 N–H and O–H groups in total. The Morgan fingerprint density at radius 3 is 1.89 bits per heavy atom. The monoisotopic (exact) mass is 536 g/mol. The number of benzene rings is 3. The summed E-state index contributed by atoms with van der Waals surface area (Å²) in [5, 5.41) is 0. The number of hydrogen-bond donors (Lipinski definition) is 0. The number of halogens is 2. The molecule has 1 nitrogen and oxygen atoms in total. The molecular weight excluding hydrogens is 495 g/mol. The van der Waals surface area contributed by atoms with E-state index in [4.69, 9.17) is 27.9 Å². The Hall–Kier alpha value is -1.96. The molecule has 3 aromatic carbocycles. The first-order chi connectivity index (χ1) is 18.1. The van der Waals surface area contributed by atoms with Crippen molar-refractivity contribution in [1.29, 1.82) is 0 Å². The van der Waals surface area contributed by atoms with Crippen molar-refractivity contribution in [3.05, 3.63) is 76.9 Å². The summed E-state index contributed by atoms with van der Waals surface area (Å²) < 4.78 is 5.74. The van der Waals surface area contributed by atoms with Gasteiger partial charge in [0.25, 0.3) is 0 Å². The lowest BCUT2D eigenvalue weighted by atomic mass is 9.70. The Morgan fingerprint density at radius 1 is 0.649 bits per heavy atom. The maximum atomic E-state index is 6.41. The van der Waals surface area contributed by atoms with E-state index in [1.165, 1.54) is 97.6 Å². The standard InChI is InChI=1S/C34H42Cl2O/c1-4-6-8-10-18-34(19-11-9-7-5-2)32-21-26(31-20-25(23-35)12-13-27(31)24-36)14-16-29(32)30-17-15-28(37-3)22-33(30)34/h12-17,20-22H,4-11,18-19,23-24H2,1-3H3. The molecule has 0 aromatic heterocycles. The summed E-state index contributed by atoms with van der Waals surface area (Å²) in [7, 11) is 1.78. The molecule has 4 rings (SSSR count). The average Bonchev–Trinajstić information content (AvgIpc) is 3.21. The lowest BCUT2D eigenvalue weighted by Crippen LogP contribution is -2.25. The summed E-state index contributed by atoms with van der Waals surface area (Å²) in [4.78, 5) is 0. The molecule has 0 saturated heterocycles. The van der Waals surface area contributed by atoms with Crippen molar-refractivity contribution in [1.82, 2.24) is 0 Å². The zero-order valence-electron chi connectivity index (χ0n) is 22.8. The summed E-state index contributed by atoms with van der Waals surface area (Å²) >= 11 is 12.6. The first-order valence-electron chi connectivity index (χ1n) is 14.2. The third-order valence-electron chi connectivity index (χ3n) is 8.27. The number of fused-ring (bicyclic) bond motifs is 3. The third kappa shape index (κ3) is 5.89. The molecule has 3 aromatic rings. The summed E-state index contributed by atoms with van der Waals surface area (Å²) in [6.45, 7) is 4.59. The van der Waals surface area contributed by atoms with Crippen LogP contribution in [-0.2, 0) is 17.2 Å². The van der Waals surface area contributed by atoms with E-state index in [1.54, 1.807) is 7.11 Å². The van der Waals surface area contributed by atoms with Crippen LogP contribution in [0.3, 0.4) is 0 Å². The lowest BCUT2D eigenvalue weighted by molar-refractivity contribution is 0.392. The molecule has 0 spiro atoms. The maximum Gasteiger partial charge on any atom is 0.119 e. The quantitative estimate of drug-likeness (QED) is 0.147. The molecule has 0 unspecified atom stereocenters. The number of unbranched alkanes of at least 4 members (excludes halogenated alkanes) is 6. The van der Waals surface area contributed by atoms with E-state index in [-0.39, 0.29) is 5.41 Å². The predicted molar refractivity (Wildman–Crippen MR) is 161 cm³/mol. The van der Waals surface area contributed by atoms with Gasteiger partial charge < -0.3 is 4.74 Å². The van der Waals surface area contributed by atoms with E-state index in [0.717, 1.165) is 16.9 Å². The van der Waals surface area contributed by atoms with Gasteiger partial charge >= 0.3 is 0 Å². The van der Waals surface area contributed by atoms with Gasteiger partial charge in [0.15, 0.2) is 0 Å². The van der Waals surface area contributed by atoms with Gasteiger partial charge in [-0.25, -0.2) is 0 Å². The van der Waals surface area contributed by atoms with Gasteiger partial charge in [-0.15, -0.1) is 23.2 Å². The highest BCUT2D eigenvalue weighted by Crippen LogP contribution is 2.55. The molecule has 0 amide bonds. The van der Waals surface area contributed by atoms with Crippen LogP contribution in [-0.4, -0.2) is 7.11 Å². The van der Waals surface area contributed by atoms with Crippen LogP contribution in [0.5, 0.6) is 5.75 Å². The van der Waals surface area contributed by atoms with Crippen LogP contribution in [0.1, 0.15) is 100 Å². The molecule has 198 valence electrons. The van der Waals surface area contributed by atoms with Gasteiger partial charge in [-0.05, 0) is 81.6 Å². The van der Waals surface area contributed by atoms with Gasteiger partial charge in [-0.1, -0.05) is 95.5 Å². The maximum absolute atomic E-state index is 6.41. The van der Waals surface area contributed by atoms with E-state index >= 15 is 0 Å². The first-order valence-corrected chi connectivity index (χ1v) is 15.3. The zero-order chi connectivity index (χ0) is 26.3. The Balaban J connectivity index is 1.87. The minimum absolute atomic E-state index is 0.0158. The molecule has 1 aliphatic carbocycles. The molecule has 0 aliphatic heterocycles. The van der Waals surface area contributed by atoms with Crippen molar-refractivity contribution < 1.29 is 4.74 Å². The third-order valence-corrected chi connectivity index (χ3v) is 8.86. The van der Waals surface area contributed by atoms with Crippen molar-refractivity contribution in [2.75, 3.05) is 7.11 Å². The minimum atomic E-state index is 0.0158. The summed E-state index contributed by atoms with van der Waals surface area (Å²) in [6.07, 6.45) is 12.5. The lowest BCUT2D eigenvalue weighted by Gasteiger charge is -2.33. The summed E-state index contributed by atoms with van der Waals surface area (Å²) in [6, 6.07) is 20.3. The van der Waals surface area contributed by atoms with Crippen LogP contribution in [0.25, 0.3) is 22.3 Å². The topological polar surface area (TPSA) is 9.23 Å². The molecular formula is C34H42Cl2O. The van der Waals surface area contributed by atoms with Crippen molar-refractivity contribution in [2.24, 2.45) is 0 Å². The van der Waals surface area contributed by atoms with Crippen LogP contribution >= 0.6 is 23.2 Å².